The number of rotatable bonds is 8. The summed E-state index contributed by atoms with van der Waals surface area (Å²) in [5.41, 5.74) is 9.76. The van der Waals surface area contributed by atoms with Gasteiger partial charge in [-0.25, -0.2) is 18.1 Å². The van der Waals surface area contributed by atoms with Crippen molar-refractivity contribution in [1.82, 2.24) is 14.9 Å². The minimum absolute atomic E-state index is 0.00379. The topological polar surface area (TPSA) is 110 Å². The van der Waals surface area contributed by atoms with E-state index < -0.39 is 10.0 Å². The third kappa shape index (κ3) is 6.81. The molecular formula is C31H34ClN5O3S. The molecule has 1 fully saturated rings. The fraction of sp³-hybridized carbons (Fsp3) is 0.290. The van der Waals surface area contributed by atoms with Crippen molar-refractivity contribution >= 4 is 33.3 Å². The molecule has 4 aromatic rings. The first kappa shape index (κ1) is 28.9. The Kier molecular flexibility index (Phi) is 8.49. The predicted molar refractivity (Wildman–Crippen MR) is 164 cm³/mol. The van der Waals surface area contributed by atoms with Crippen molar-refractivity contribution in [3.8, 4) is 22.9 Å². The standard InChI is InChI=1S/C31H34ClN5O3S/c1-20(2)25-9-4-5-10-26(25)28-19-30(35-31(34-28)36-41(38,39)24-8-6-7-23(33)18-24)40-29-12-11-22(17-27(29)32)21-13-15-37(3)16-14-21/h4-12,17-21H,13-16,33H2,1-3H3,(H,34,35,36). The van der Waals surface area contributed by atoms with Gasteiger partial charge in [-0.1, -0.05) is 61.8 Å². The zero-order valence-corrected chi connectivity index (χ0v) is 24.9. The van der Waals surface area contributed by atoms with Gasteiger partial charge in [0.1, 0.15) is 5.75 Å². The smallest absolute Gasteiger partial charge is 0.264 e. The third-order valence-corrected chi connectivity index (χ3v) is 8.94. The maximum atomic E-state index is 13.2. The summed E-state index contributed by atoms with van der Waals surface area (Å²) in [4.78, 5) is 11.3. The van der Waals surface area contributed by atoms with Gasteiger partial charge in [0.15, 0.2) is 0 Å². The number of benzene rings is 3. The first-order valence-corrected chi connectivity index (χ1v) is 15.5. The summed E-state index contributed by atoms with van der Waals surface area (Å²) >= 11 is 6.69. The number of anilines is 2. The molecule has 10 heteroatoms. The van der Waals surface area contributed by atoms with Crippen molar-refractivity contribution in [3.05, 3.63) is 88.9 Å². The van der Waals surface area contributed by atoms with E-state index in [2.05, 4.69) is 40.5 Å². The van der Waals surface area contributed by atoms with Gasteiger partial charge in [-0.3, -0.25) is 0 Å². The van der Waals surface area contributed by atoms with Crippen LogP contribution in [0.25, 0.3) is 11.3 Å². The van der Waals surface area contributed by atoms with Crippen LogP contribution in [0.3, 0.4) is 0 Å². The number of hydrogen-bond donors (Lipinski definition) is 2. The highest BCUT2D eigenvalue weighted by Crippen LogP contribution is 2.37. The minimum Gasteiger partial charge on any atom is -0.437 e. The lowest BCUT2D eigenvalue weighted by Crippen LogP contribution is -2.29. The maximum absolute atomic E-state index is 13.2. The van der Waals surface area contributed by atoms with Crippen LogP contribution in [-0.4, -0.2) is 43.4 Å². The van der Waals surface area contributed by atoms with Crippen molar-refractivity contribution in [2.24, 2.45) is 0 Å². The average Bonchev–Trinajstić information content (AvgIpc) is 2.94. The Bertz CT molecular complexity index is 1650. The number of ether oxygens (including phenoxy) is 1. The Labute approximate surface area is 246 Å². The van der Waals surface area contributed by atoms with Crippen LogP contribution in [0, 0.1) is 0 Å². The zero-order valence-electron chi connectivity index (χ0n) is 23.3. The van der Waals surface area contributed by atoms with Crippen LogP contribution >= 0.6 is 11.6 Å². The molecule has 0 atom stereocenters. The van der Waals surface area contributed by atoms with Crippen LogP contribution in [0.15, 0.2) is 77.7 Å². The van der Waals surface area contributed by atoms with Crippen LogP contribution in [-0.2, 0) is 10.0 Å². The second-order valence-electron chi connectivity index (χ2n) is 10.7. The fourth-order valence-corrected chi connectivity index (χ4v) is 6.29. The van der Waals surface area contributed by atoms with E-state index in [1.807, 2.05) is 42.5 Å². The summed E-state index contributed by atoms with van der Waals surface area (Å²) < 4.78 is 35.1. The lowest BCUT2D eigenvalue weighted by atomic mass is 9.89. The molecule has 1 aliphatic heterocycles. The van der Waals surface area contributed by atoms with Gasteiger partial charge in [-0.05, 0) is 86.3 Å². The molecule has 0 unspecified atom stereocenters. The quantitative estimate of drug-likeness (QED) is 0.214. The molecule has 0 saturated carbocycles. The summed E-state index contributed by atoms with van der Waals surface area (Å²) in [5, 5.41) is 0.464. The number of nitrogens with one attached hydrogen (secondary N) is 1. The maximum Gasteiger partial charge on any atom is 0.264 e. The Hall–Kier alpha value is -3.66. The number of hydrogen-bond acceptors (Lipinski definition) is 7. The summed E-state index contributed by atoms with van der Waals surface area (Å²) in [6.07, 6.45) is 2.16. The molecule has 8 nitrogen and oxygen atoms in total. The zero-order chi connectivity index (χ0) is 29.1. The van der Waals surface area contributed by atoms with Crippen LogP contribution in [0.2, 0.25) is 5.02 Å². The van der Waals surface area contributed by atoms with Crippen LogP contribution in [0.4, 0.5) is 11.6 Å². The SMILES string of the molecule is CC(C)c1ccccc1-c1cc(Oc2ccc(C3CCN(C)CC3)cc2Cl)nc(NS(=O)(=O)c2cccc(N)c2)n1. The summed E-state index contributed by atoms with van der Waals surface area (Å²) in [6.45, 7) is 6.28. The van der Waals surface area contributed by atoms with Crippen molar-refractivity contribution < 1.29 is 13.2 Å². The summed E-state index contributed by atoms with van der Waals surface area (Å²) in [6, 6.07) is 21.4. The second-order valence-corrected chi connectivity index (χ2v) is 12.8. The normalized spacial score (nSPS) is 14.8. The van der Waals surface area contributed by atoms with Gasteiger partial charge in [0, 0.05) is 17.3 Å². The molecule has 0 radical (unpaired) electrons. The molecule has 0 amide bonds. The van der Waals surface area contributed by atoms with Gasteiger partial charge in [0.25, 0.3) is 10.0 Å². The number of sulfonamides is 1. The second kappa shape index (κ2) is 12.1. The van der Waals surface area contributed by atoms with Crippen molar-refractivity contribution in [1.29, 1.82) is 0 Å². The van der Waals surface area contributed by atoms with E-state index in [1.165, 1.54) is 17.7 Å². The lowest BCUT2D eigenvalue weighted by molar-refractivity contribution is 0.255. The van der Waals surface area contributed by atoms with Crippen molar-refractivity contribution in [3.63, 3.8) is 0 Å². The molecule has 2 heterocycles. The number of nitrogens with two attached hydrogens (primary N) is 1. The largest absolute Gasteiger partial charge is 0.437 e. The molecule has 214 valence electrons. The van der Waals surface area contributed by atoms with Crippen LogP contribution in [0.1, 0.15) is 49.7 Å². The van der Waals surface area contributed by atoms with E-state index in [9.17, 15) is 8.42 Å². The van der Waals surface area contributed by atoms with Gasteiger partial charge < -0.3 is 15.4 Å². The molecule has 1 aromatic heterocycles. The fourth-order valence-electron chi connectivity index (χ4n) is 5.06. The van der Waals surface area contributed by atoms with E-state index in [-0.39, 0.29) is 22.6 Å². The van der Waals surface area contributed by atoms with Gasteiger partial charge in [-0.2, -0.15) is 4.98 Å². The van der Waals surface area contributed by atoms with Crippen molar-refractivity contribution in [2.75, 3.05) is 30.6 Å². The van der Waals surface area contributed by atoms with E-state index in [1.54, 1.807) is 18.2 Å². The number of piperidine rings is 1. The molecule has 0 bridgehead atoms. The molecule has 0 aliphatic carbocycles. The Morgan fingerprint density at radius 3 is 2.46 bits per heavy atom. The number of nitrogen functional groups attached to an aromatic ring is 1. The van der Waals surface area contributed by atoms with E-state index in [4.69, 9.17) is 22.1 Å². The van der Waals surface area contributed by atoms with Gasteiger partial charge in [0.05, 0.1) is 15.6 Å². The Morgan fingerprint density at radius 2 is 1.76 bits per heavy atom. The molecule has 5 rings (SSSR count). The Balaban J connectivity index is 1.51. The molecule has 41 heavy (non-hydrogen) atoms. The molecule has 3 N–H and O–H groups in total. The van der Waals surface area contributed by atoms with Gasteiger partial charge in [0.2, 0.25) is 11.8 Å². The Morgan fingerprint density at radius 1 is 1.00 bits per heavy atom. The molecule has 1 aliphatic rings. The van der Waals surface area contributed by atoms with E-state index in [0.29, 0.717) is 28.1 Å². The first-order valence-electron chi connectivity index (χ1n) is 13.6. The van der Waals surface area contributed by atoms with Gasteiger partial charge in [-0.15, -0.1) is 0 Å². The predicted octanol–water partition coefficient (Wildman–Crippen LogP) is 6.90. The van der Waals surface area contributed by atoms with Crippen LogP contribution < -0.4 is 15.2 Å². The summed E-state index contributed by atoms with van der Waals surface area (Å²) in [7, 11) is -1.88. The number of aromatic nitrogens is 2. The summed E-state index contributed by atoms with van der Waals surface area (Å²) in [5.74, 6) is 1.11. The van der Waals surface area contributed by atoms with Gasteiger partial charge >= 0.3 is 0 Å². The highest BCUT2D eigenvalue weighted by Gasteiger charge is 2.22. The number of halogens is 1. The van der Waals surface area contributed by atoms with E-state index >= 15 is 0 Å². The first-order chi connectivity index (χ1) is 19.6. The average molecular weight is 592 g/mol. The monoisotopic (exact) mass is 591 g/mol. The number of likely N-dealkylation sites (tertiary alicyclic amines) is 1. The minimum atomic E-state index is -4.02. The highest BCUT2D eigenvalue weighted by molar-refractivity contribution is 7.92. The highest BCUT2D eigenvalue weighted by atomic mass is 35.5. The van der Waals surface area contributed by atoms with E-state index in [0.717, 1.165) is 37.1 Å². The third-order valence-electron chi connectivity index (χ3n) is 7.32. The molecule has 3 aromatic carbocycles. The molecule has 0 spiro atoms. The van der Waals surface area contributed by atoms with Crippen LogP contribution in [0.5, 0.6) is 11.6 Å². The van der Waals surface area contributed by atoms with Crippen molar-refractivity contribution in [2.45, 2.75) is 43.4 Å². The lowest BCUT2D eigenvalue weighted by Gasteiger charge is -2.29. The number of nitrogens with zero attached hydrogens (tertiary/aromatic N) is 3. The molecular weight excluding hydrogens is 558 g/mol. The molecule has 1 saturated heterocycles.